The zero-order valence-electron chi connectivity index (χ0n) is 5.52. The van der Waals surface area contributed by atoms with Crippen LogP contribution in [0.25, 0.3) is 0 Å². The van der Waals surface area contributed by atoms with Gasteiger partial charge in [-0.05, 0) is 12.2 Å². The Morgan fingerprint density at radius 3 is 2.55 bits per heavy atom. The zero-order valence-corrected chi connectivity index (χ0v) is 5.52. The van der Waals surface area contributed by atoms with E-state index in [9.17, 15) is 13.2 Å². The summed E-state index contributed by atoms with van der Waals surface area (Å²) in [6.07, 6.45) is 1.91. The lowest BCUT2D eigenvalue weighted by Gasteiger charge is -2.05. The lowest BCUT2D eigenvalue weighted by atomic mass is 10.2. The average Bonchev–Trinajstić information content (AvgIpc) is 2.10. The van der Waals surface area contributed by atoms with Gasteiger partial charge in [-0.15, -0.1) is 0 Å². The Kier molecular flexibility index (Phi) is 2.03. The number of alkyl halides is 3. The molecule has 60 valence electrons. The maximum atomic E-state index is 11.9. The molecule has 0 amide bonds. The van der Waals surface area contributed by atoms with Gasteiger partial charge in [0.15, 0.2) is 0 Å². The van der Waals surface area contributed by atoms with Crippen molar-refractivity contribution in [3.63, 3.8) is 0 Å². The summed E-state index contributed by atoms with van der Waals surface area (Å²) < 4.78 is 35.8. The summed E-state index contributed by atoms with van der Waals surface area (Å²) in [7, 11) is 0. The van der Waals surface area contributed by atoms with E-state index in [0.29, 0.717) is 0 Å². The Bertz CT molecular complexity index is 222. The molecule has 0 aromatic rings. The van der Waals surface area contributed by atoms with Gasteiger partial charge in [-0.25, -0.2) is 0 Å². The van der Waals surface area contributed by atoms with Crippen LogP contribution in [0.4, 0.5) is 13.2 Å². The number of halogens is 3. The number of nitrogens with one attached hydrogen (secondary N) is 1. The van der Waals surface area contributed by atoms with Crippen LogP contribution in [-0.4, -0.2) is 6.18 Å². The molecule has 0 spiro atoms. The number of hydrogen-bond donors (Lipinski definition) is 1. The van der Waals surface area contributed by atoms with E-state index in [0.717, 1.165) is 12.3 Å². The third kappa shape index (κ3) is 2.14. The van der Waals surface area contributed by atoms with Crippen LogP contribution in [0.2, 0.25) is 0 Å². The standard InChI is InChI=1S/C7H6F3N/c8-7(9,10)6-3-1-2-4-11-5-6/h1-5,11H. The Morgan fingerprint density at radius 1 is 1.18 bits per heavy atom. The van der Waals surface area contributed by atoms with Crippen LogP contribution in [0, 0.1) is 0 Å². The first kappa shape index (κ1) is 7.91. The minimum atomic E-state index is -4.27. The molecule has 11 heavy (non-hydrogen) atoms. The van der Waals surface area contributed by atoms with Crippen molar-refractivity contribution in [2.45, 2.75) is 6.18 Å². The van der Waals surface area contributed by atoms with E-state index in [1.54, 1.807) is 0 Å². The molecule has 1 nitrogen and oxygen atoms in total. The summed E-state index contributed by atoms with van der Waals surface area (Å²) in [6.45, 7) is 0. The monoisotopic (exact) mass is 161 g/mol. The molecule has 1 aliphatic heterocycles. The van der Waals surface area contributed by atoms with Crippen molar-refractivity contribution in [2.75, 3.05) is 0 Å². The van der Waals surface area contributed by atoms with Gasteiger partial charge in [0.2, 0.25) is 0 Å². The molecule has 0 unspecified atom stereocenters. The van der Waals surface area contributed by atoms with E-state index < -0.39 is 11.7 Å². The maximum Gasteiger partial charge on any atom is 0.417 e. The molecule has 0 saturated heterocycles. The van der Waals surface area contributed by atoms with E-state index in [2.05, 4.69) is 5.32 Å². The predicted octanol–water partition coefficient (Wildman–Crippen LogP) is 2.11. The number of allylic oxidation sites excluding steroid dienone is 4. The summed E-state index contributed by atoms with van der Waals surface area (Å²) in [4.78, 5) is 0. The number of hydrogen-bond acceptors (Lipinski definition) is 1. The molecule has 1 rings (SSSR count). The van der Waals surface area contributed by atoms with Crippen molar-refractivity contribution in [2.24, 2.45) is 0 Å². The Morgan fingerprint density at radius 2 is 1.91 bits per heavy atom. The fraction of sp³-hybridized carbons (Fsp3) is 0.143. The van der Waals surface area contributed by atoms with Crippen molar-refractivity contribution in [3.8, 4) is 0 Å². The van der Waals surface area contributed by atoms with Gasteiger partial charge in [0, 0.05) is 12.4 Å². The van der Waals surface area contributed by atoms with E-state index in [-0.39, 0.29) is 0 Å². The Balaban J connectivity index is 2.81. The lowest BCUT2D eigenvalue weighted by Crippen LogP contribution is -2.11. The molecule has 0 atom stereocenters. The van der Waals surface area contributed by atoms with Crippen molar-refractivity contribution in [1.29, 1.82) is 0 Å². The fourth-order valence-corrected chi connectivity index (χ4v) is 0.633. The van der Waals surface area contributed by atoms with Crippen LogP contribution >= 0.6 is 0 Å². The molecule has 0 aliphatic carbocycles. The van der Waals surface area contributed by atoms with Gasteiger partial charge in [-0.2, -0.15) is 13.2 Å². The van der Waals surface area contributed by atoms with Crippen LogP contribution in [-0.2, 0) is 0 Å². The van der Waals surface area contributed by atoms with Crippen LogP contribution in [0.15, 0.2) is 36.2 Å². The van der Waals surface area contributed by atoms with Gasteiger partial charge in [0.1, 0.15) is 0 Å². The van der Waals surface area contributed by atoms with Crippen molar-refractivity contribution in [1.82, 2.24) is 5.32 Å². The normalized spacial score (nSPS) is 17.2. The summed E-state index contributed by atoms with van der Waals surface area (Å²) in [5.74, 6) is 0. The van der Waals surface area contributed by atoms with Crippen molar-refractivity contribution in [3.05, 3.63) is 36.2 Å². The molecule has 0 bridgehead atoms. The van der Waals surface area contributed by atoms with Crippen LogP contribution in [0.1, 0.15) is 0 Å². The van der Waals surface area contributed by atoms with E-state index >= 15 is 0 Å². The second kappa shape index (κ2) is 2.82. The smallest absolute Gasteiger partial charge is 0.367 e. The number of rotatable bonds is 0. The van der Waals surface area contributed by atoms with Gasteiger partial charge in [0.25, 0.3) is 0 Å². The Labute approximate surface area is 61.9 Å². The molecule has 0 aromatic heterocycles. The van der Waals surface area contributed by atoms with E-state index in [1.165, 1.54) is 18.4 Å². The summed E-state index contributed by atoms with van der Waals surface area (Å²) in [6, 6.07) is 0. The highest BCUT2D eigenvalue weighted by Crippen LogP contribution is 2.26. The molecular formula is C7H6F3N. The molecule has 0 aromatic carbocycles. The molecule has 0 radical (unpaired) electrons. The largest absolute Gasteiger partial charge is 0.417 e. The second-order valence-corrected chi connectivity index (χ2v) is 1.98. The molecule has 1 N–H and O–H groups in total. The lowest BCUT2D eigenvalue weighted by molar-refractivity contribution is -0.0884. The minimum Gasteiger partial charge on any atom is -0.367 e. The molecule has 1 heterocycles. The van der Waals surface area contributed by atoms with Gasteiger partial charge in [-0.3, -0.25) is 0 Å². The van der Waals surface area contributed by atoms with Gasteiger partial charge in [0.05, 0.1) is 5.57 Å². The molecule has 0 saturated carbocycles. The summed E-state index contributed by atoms with van der Waals surface area (Å²) in [5, 5.41) is 2.38. The summed E-state index contributed by atoms with van der Waals surface area (Å²) in [5.41, 5.74) is -0.678. The quantitative estimate of drug-likeness (QED) is 0.573. The SMILES string of the molecule is FC(F)(F)C1=CNC=CC=C1. The maximum absolute atomic E-state index is 11.9. The first-order valence-electron chi connectivity index (χ1n) is 2.97. The second-order valence-electron chi connectivity index (χ2n) is 1.98. The highest BCUT2D eigenvalue weighted by atomic mass is 19.4. The third-order valence-corrected chi connectivity index (χ3v) is 1.15. The zero-order chi connectivity index (χ0) is 8.32. The first-order valence-corrected chi connectivity index (χ1v) is 2.97. The summed E-state index contributed by atoms with van der Waals surface area (Å²) >= 11 is 0. The third-order valence-electron chi connectivity index (χ3n) is 1.15. The van der Waals surface area contributed by atoms with Crippen LogP contribution in [0.3, 0.4) is 0 Å². The molecule has 0 fully saturated rings. The molecular weight excluding hydrogens is 155 g/mol. The highest BCUT2D eigenvalue weighted by molar-refractivity contribution is 5.28. The molecule has 4 heteroatoms. The molecule has 1 aliphatic rings. The fourth-order valence-electron chi connectivity index (χ4n) is 0.633. The van der Waals surface area contributed by atoms with Gasteiger partial charge >= 0.3 is 6.18 Å². The van der Waals surface area contributed by atoms with Gasteiger partial charge in [-0.1, -0.05) is 6.08 Å². The van der Waals surface area contributed by atoms with Crippen LogP contribution in [0.5, 0.6) is 0 Å². The minimum absolute atomic E-state index is 0.678. The highest BCUT2D eigenvalue weighted by Gasteiger charge is 2.31. The topological polar surface area (TPSA) is 12.0 Å². The average molecular weight is 161 g/mol. The Hall–Kier alpha value is -1.19. The van der Waals surface area contributed by atoms with Crippen LogP contribution < -0.4 is 5.32 Å². The van der Waals surface area contributed by atoms with Crippen molar-refractivity contribution >= 4 is 0 Å². The predicted molar refractivity (Wildman–Crippen MR) is 35.6 cm³/mol. The van der Waals surface area contributed by atoms with E-state index in [4.69, 9.17) is 0 Å². The van der Waals surface area contributed by atoms with Gasteiger partial charge < -0.3 is 5.32 Å². The first-order chi connectivity index (χ1) is 5.11. The van der Waals surface area contributed by atoms with Crippen molar-refractivity contribution < 1.29 is 13.2 Å². The van der Waals surface area contributed by atoms with E-state index in [1.807, 2.05) is 0 Å².